The van der Waals surface area contributed by atoms with Gasteiger partial charge in [-0.1, -0.05) is 12.1 Å². The Hall–Kier alpha value is -2.16. The highest BCUT2D eigenvalue weighted by molar-refractivity contribution is 14.1. The number of carbonyl (C=O) groups is 1. The number of ether oxygens (including phenoxy) is 1. The maximum Gasteiger partial charge on any atom is 0.412 e. The highest BCUT2D eigenvalue weighted by Gasteiger charge is 2.07. The number of nitrogens with one attached hydrogen (secondary N) is 1. The lowest BCUT2D eigenvalue weighted by Gasteiger charge is -2.06. The topological polar surface area (TPSA) is 81.5 Å². The Morgan fingerprint density at radius 3 is 2.33 bits per heavy atom. The van der Waals surface area contributed by atoms with Crippen molar-refractivity contribution in [1.82, 2.24) is 5.32 Å². The lowest BCUT2D eigenvalue weighted by Crippen LogP contribution is -2.26. The number of hydrogen-bond donors (Lipinski definition) is 1. The van der Waals surface area contributed by atoms with Gasteiger partial charge in [0.25, 0.3) is 5.69 Å². The number of nitro benzene ring substituents is 1. The fourth-order valence-electron chi connectivity index (χ4n) is 1.56. The van der Waals surface area contributed by atoms with Gasteiger partial charge in [0.1, 0.15) is 5.75 Å². The van der Waals surface area contributed by atoms with Crippen molar-refractivity contribution in [2.24, 2.45) is 0 Å². The lowest BCUT2D eigenvalue weighted by molar-refractivity contribution is -0.384. The molecule has 0 aliphatic rings. The number of hydrogen-bond acceptors (Lipinski definition) is 4. The minimum Gasteiger partial charge on any atom is -0.410 e. The van der Waals surface area contributed by atoms with Crippen molar-refractivity contribution >= 4 is 34.4 Å². The highest BCUT2D eigenvalue weighted by atomic mass is 127. The van der Waals surface area contributed by atoms with Crippen LogP contribution in [-0.2, 0) is 6.54 Å². The van der Waals surface area contributed by atoms with Crippen molar-refractivity contribution in [3.05, 3.63) is 67.8 Å². The fourth-order valence-corrected chi connectivity index (χ4v) is 1.92. The van der Waals surface area contributed by atoms with E-state index in [1.54, 1.807) is 0 Å². The second-order valence-electron chi connectivity index (χ2n) is 4.12. The van der Waals surface area contributed by atoms with E-state index in [1.165, 1.54) is 24.3 Å². The Labute approximate surface area is 134 Å². The van der Waals surface area contributed by atoms with E-state index in [1.807, 2.05) is 24.3 Å². The maximum atomic E-state index is 11.6. The Balaban J connectivity index is 1.86. The van der Waals surface area contributed by atoms with E-state index in [2.05, 4.69) is 27.9 Å². The van der Waals surface area contributed by atoms with E-state index in [0.29, 0.717) is 6.54 Å². The zero-order chi connectivity index (χ0) is 15.2. The third-order valence-electron chi connectivity index (χ3n) is 2.61. The first-order chi connectivity index (χ1) is 10.0. The molecule has 0 saturated heterocycles. The molecular formula is C14H11IN2O4. The van der Waals surface area contributed by atoms with Crippen LogP contribution in [0.25, 0.3) is 0 Å². The molecule has 7 heteroatoms. The minimum atomic E-state index is -0.609. The molecule has 0 saturated carbocycles. The second kappa shape index (κ2) is 7.02. The molecule has 0 spiro atoms. The van der Waals surface area contributed by atoms with Gasteiger partial charge < -0.3 is 10.1 Å². The molecule has 6 nitrogen and oxygen atoms in total. The molecule has 0 unspecified atom stereocenters. The van der Waals surface area contributed by atoms with Crippen LogP contribution in [0.5, 0.6) is 5.75 Å². The van der Waals surface area contributed by atoms with Crippen molar-refractivity contribution in [3.8, 4) is 5.75 Å². The molecule has 0 fully saturated rings. The molecule has 2 rings (SSSR count). The molecule has 0 bridgehead atoms. The molecule has 2 aromatic carbocycles. The molecule has 1 amide bonds. The van der Waals surface area contributed by atoms with Crippen LogP contribution in [0.3, 0.4) is 0 Å². The largest absolute Gasteiger partial charge is 0.412 e. The molecule has 0 radical (unpaired) electrons. The van der Waals surface area contributed by atoms with E-state index in [0.717, 1.165) is 9.13 Å². The van der Waals surface area contributed by atoms with Gasteiger partial charge in [0.15, 0.2) is 0 Å². The third kappa shape index (κ3) is 4.71. The molecule has 0 aromatic heterocycles. The van der Waals surface area contributed by atoms with Gasteiger partial charge in [-0.2, -0.15) is 0 Å². The van der Waals surface area contributed by atoms with E-state index in [-0.39, 0.29) is 11.4 Å². The van der Waals surface area contributed by atoms with Crippen LogP contribution < -0.4 is 10.1 Å². The first-order valence-corrected chi connectivity index (χ1v) is 7.07. The predicted octanol–water partition coefficient (Wildman–Crippen LogP) is 3.49. The second-order valence-corrected chi connectivity index (χ2v) is 5.37. The zero-order valence-electron chi connectivity index (χ0n) is 10.8. The third-order valence-corrected chi connectivity index (χ3v) is 3.33. The molecule has 0 aliphatic carbocycles. The molecule has 1 N–H and O–H groups in total. The van der Waals surface area contributed by atoms with Gasteiger partial charge in [-0.15, -0.1) is 0 Å². The molecule has 21 heavy (non-hydrogen) atoms. The van der Waals surface area contributed by atoms with Gasteiger partial charge in [-0.25, -0.2) is 4.79 Å². The molecular weight excluding hydrogens is 387 g/mol. The smallest absolute Gasteiger partial charge is 0.410 e. The summed E-state index contributed by atoms with van der Waals surface area (Å²) in [5.41, 5.74) is 0.901. The molecule has 0 heterocycles. The average molecular weight is 398 g/mol. The molecule has 0 atom stereocenters. The number of nitro groups is 1. The van der Waals surface area contributed by atoms with Gasteiger partial charge >= 0.3 is 6.09 Å². The Morgan fingerprint density at radius 2 is 1.76 bits per heavy atom. The van der Waals surface area contributed by atoms with Gasteiger partial charge in [0.2, 0.25) is 0 Å². The molecule has 108 valence electrons. The first-order valence-electron chi connectivity index (χ1n) is 5.99. The van der Waals surface area contributed by atoms with E-state index >= 15 is 0 Å². The quantitative estimate of drug-likeness (QED) is 0.486. The fraction of sp³-hybridized carbons (Fsp3) is 0.0714. The summed E-state index contributed by atoms with van der Waals surface area (Å²) >= 11 is 2.20. The zero-order valence-corrected chi connectivity index (χ0v) is 12.9. The highest BCUT2D eigenvalue weighted by Crippen LogP contribution is 2.17. The maximum absolute atomic E-state index is 11.6. The SMILES string of the molecule is O=C(NCc1ccc(I)cc1)Oc1ccc([N+](=O)[O-])cc1. The summed E-state index contributed by atoms with van der Waals surface area (Å²) in [5.74, 6) is 0.251. The van der Waals surface area contributed by atoms with Crippen LogP contribution in [0.15, 0.2) is 48.5 Å². The van der Waals surface area contributed by atoms with Crippen LogP contribution in [0.1, 0.15) is 5.56 Å². The van der Waals surface area contributed by atoms with Gasteiger partial charge in [0.05, 0.1) is 4.92 Å². The Bertz CT molecular complexity index is 641. The summed E-state index contributed by atoms with van der Waals surface area (Å²) in [6.45, 7) is 0.350. The summed E-state index contributed by atoms with van der Waals surface area (Å²) in [6, 6.07) is 13.0. The van der Waals surface area contributed by atoms with E-state index in [9.17, 15) is 14.9 Å². The van der Waals surface area contributed by atoms with Crippen molar-refractivity contribution in [1.29, 1.82) is 0 Å². The van der Waals surface area contributed by atoms with Crippen molar-refractivity contribution < 1.29 is 14.5 Å². The number of benzene rings is 2. The van der Waals surface area contributed by atoms with Crippen LogP contribution in [0.4, 0.5) is 10.5 Å². The van der Waals surface area contributed by atoms with Crippen LogP contribution in [0, 0.1) is 13.7 Å². The summed E-state index contributed by atoms with van der Waals surface area (Å²) in [6.07, 6.45) is -0.609. The van der Waals surface area contributed by atoms with Crippen molar-refractivity contribution in [2.45, 2.75) is 6.54 Å². The monoisotopic (exact) mass is 398 g/mol. The molecule has 2 aromatic rings. The van der Waals surface area contributed by atoms with Crippen LogP contribution in [-0.4, -0.2) is 11.0 Å². The number of amides is 1. The molecule has 0 aliphatic heterocycles. The average Bonchev–Trinajstić information content (AvgIpc) is 2.47. The summed E-state index contributed by atoms with van der Waals surface area (Å²) < 4.78 is 6.14. The number of halogens is 1. The van der Waals surface area contributed by atoms with Crippen molar-refractivity contribution in [2.75, 3.05) is 0 Å². The number of rotatable bonds is 4. The van der Waals surface area contributed by atoms with Crippen LogP contribution in [0.2, 0.25) is 0 Å². The minimum absolute atomic E-state index is 0.0540. The van der Waals surface area contributed by atoms with Gasteiger partial charge in [-0.05, 0) is 52.4 Å². The number of non-ortho nitro benzene ring substituents is 1. The summed E-state index contributed by atoms with van der Waals surface area (Å²) in [5, 5.41) is 13.1. The summed E-state index contributed by atoms with van der Waals surface area (Å²) in [4.78, 5) is 21.6. The lowest BCUT2D eigenvalue weighted by atomic mass is 10.2. The summed E-state index contributed by atoms with van der Waals surface area (Å²) in [7, 11) is 0. The standard InChI is InChI=1S/C14H11IN2O4/c15-11-3-1-10(2-4-11)9-16-14(18)21-13-7-5-12(6-8-13)17(19)20/h1-8H,9H2,(H,16,18). The first kappa shape index (κ1) is 15.2. The predicted molar refractivity (Wildman–Crippen MR) is 85.1 cm³/mol. The number of nitrogens with zero attached hydrogens (tertiary/aromatic N) is 1. The Kier molecular flexibility index (Phi) is 5.09. The van der Waals surface area contributed by atoms with E-state index in [4.69, 9.17) is 4.74 Å². The van der Waals surface area contributed by atoms with Gasteiger partial charge in [0, 0.05) is 22.2 Å². The normalized spacial score (nSPS) is 9.95. The van der Waals surface area contributed by atoms with Crippen LogP contribution >= 0.6 is 22.6 Å². The van der Waals surface area contributed by atoms with Gasteiger partial charge in [-0.3, -0.25) is 10.1 Å². The Morgan fingerprint density at radius 1 is 1.14 bits per heavy atom. The van der Waals surface area contributed by atoms with Crippen molar-refractivity contribution in [3.63, 3.8) is 0 Å². The number of carbonyl (C=O) groups excluding carboxylic acids is 1. The van der Waals surface area contributed by atoms with E-state index < -0.39 is 11.0 Å².